The first-order chi connectivity index (χ1) is 11.9. The van der Waals surface area contributed by atoms with Gasteiger partial charge in [-0.05, 0) is 56.0 Å². The quantitative estimate of drug-likeness (QED) is 0.886. The second-order valence-electron chi connectivity index (χ2n) is 6.46. The molecule has 0 aromatic heterocycles. The molecule has 1 aliphatic rings. The summed E-state index contributed by atoms with van der Waals surface area (Å²) in [5, 5.41) is 9.34. The van der Waals surface area contributed by atoms with Crippen molar-refractivity contribution in [3.8, 4) is 0 Å². The Balaban J connectivity index is 2.02. The molecule has 1 N–H and O–H groups in total. The van der Waals surface area contributed by atoms with E-state index < -0.39 is 10.0 Å². The molecule has 3 rings (SSSR count). The Kier molecular flexibility index (Phi) is 5.22. The molecule has 2 atom stereocenters. The number of hydrogen-bond donors (Lipinski definition) is 1. The number of rotatable bonds is 5. The summed E-state index contributed by atoms with van der Waals surface area (Å²) in [6.07, 6.45) is 1.72. The lowest BCUT2D eigenvalue weighted by molar-refractivity contribution is 0.232. The van der Waals surface area contributed by atoms with Crippen molar-refractivity contribution < 1.29 is 17.9 Å². The second-order valence-corrected chi connectivity index (χ2v) is 8.30. The van der Waals surface area contributed by atoms with Gasteiger partial charge in [0.25, 0.3) is 0 Å². The number of nitrogens with zero attached hydrogens (tertiary/aromatic N) is 1. The summed E-state index contributed by atoms with van der Waals surface area (Å²) in [5.41, 5.74) is 1.76. The molecule has 1 fully saturated rings. The molecule has 25 heavy (non-hydrogen) atoms. The van der Waals surface area contributed by atoms with E-state index in [1.54, 1.807) is 36.4 Å². The fraction of sp³-hybridized carbons (Fsp3) is 0.368. The molecule has 0 aliphatic carbocycles. The van der Waals surface area contributed by atoms with Gasteiger partial charge in [-0.25, -0.2) is 12.8 Å². The van der Waals surface area contributed by atoms with Crippen molar-refractivity contribution in [1.29, 1.82) is 0 Å². The predicted molar refractivity (Wildman–Crippen MR) is 94.1 cm³/mol. The van der Waals surface area contributed by atoms with Crippen LogP contribution >= 0.6 is 0 Å². The lowest BCUT2D eigenvalue weighted by Crippen LogP contribution is -2.37. The van der Waals surface area contributed by atoms with E-state index in [2.05, 4.69) is 0 Å². The van der Waals surface area contributed by atoms with E-state index >= 15 is 0 Å². The SMILES string of the molecule is Cc1ccc(S(=O)(=O)N2C(CCO)CCC2c2ccc(F)cc2)cc1. The molecular weight excluding hydrogens is 341 g/mol. The minimum absolute atomic E-state index is 0.0687. The van der Waals surface area contributed by atoms with Gasteiger partial charge < -0.3 is 5.11 Å². The van der Waals surface area contributed by atoms with E-state index in [-0.39, 0.29) is 29.4 Å². The Morgan fingerprint density at radius 3 is 2.32 bits per heavy atom. The van der Waals surface area contributed by atoms with Gasteiger partial charge in [-0.2, -0.15) is 4.31 Å². The number of sulfonamides is 1. The van der Waals surface area contributed by atoms with E-state index in [9.17, 15) is 17.9 Å². The van der Waals surface area contributed by atoms with Crippen molar-refractivity contribution in [2.45, 2.75) is 43.2 Å². The molecule has 0 bridgehead atoms. The van der Waals surface area contributed by atoms with E-state index in [4.69, 9.17) is 0 Å². The predicted octanol–water partition coefficient (Wildman–Crippen LogP) is 3.41. The van der Waals surface area contributed by atoms with Gasteiger partial charge in [0.15, 0.2) is 0 Å². The largest absolute Gasteiger partial charge is 0.396 e. The molecule has 0 amide bonds. The number of benzene rings is 2. The Morgan fingerprint density at radius 1 is 1.08 bits per heavy atom. The Hall–Kier alpha value is -1.76. The van der Waals surface area contributed by atoms with Crippen LogP contribution in [-0.2, 0) is 10.0 Å². The van der Waals surface area contributed by atoms with Crippen LogP contribution in [-0.4, -0.2) is 30.5 Å². The fourth-order valence-corrected chi connectivity index (χ4v) is 5.36. The smallest absolute Gasteiger partial charge is 0.243 e. The summed E-state index contributed by atoms with van der Waals surface area (Å²) < 4.78 is 41.2. The highest BCUT2D eigenvalue weighted by molar-refractivity contribution is 7.89. The Bertz CT molecular complexity index is 819. The Labute approximate surface area is 148 Å². The average molecular weight is 363 g/mol. The van der Waals surface area contributed by atoms with Crippen LogP contribution in [0.5, 0.6) is 0 Å². The number of hydrogen-bond acceptors (Lipinski definition) is 3. The van der Waals surface area contributed by atoms with Gasteiger partial charge in [-0.3, -0.25) is 0 Å². The molecule has 1 aliphatic heterocycles. The number of halogens is 1. The summed E-state index contributed by atoms with van der Waals surface area (Å²) in [7, 11) is -3.71. The van der Waals surface area contributed by atoms with Crippen LogP contribution in [0.25, 0.3) is 0 Å². The van der Waals surface area contributed by atoms with Crippen LogP contribution in [0.2, 0.25) is 0 Å². The van der Waals surface area contributed by atoms with Crippen LogP contribution in [0.4, 0.5) is 4.39 Å². The molecule has 4 nitrogen and oxygen atoms in total. The van der Waals surface area contributed by atoms with Crippen molar-refractivity contribution in [1.82, 2.24) is 4.31 Å². The van der Waals surface area contributed by atoms with Gasteiger partial charge in [0.2, 0.25) is 10.0 Å². The number of aliphatic hydroxyl groups is 1. The van der Waals surface area contributed by atoms with Crippen LogP contribution < -0.4 is 0 Å². The molecule has 2 aromatic carbocycles. The van der Waals surface area contributed by atoms with Crippen molar-refractivity contribution in [2.75, 3.05) is 6.61 Å². The molecule has 1 heterocycles. The first-order valence-corrected chi connectivity index (χ1v) is 9.84. The van der Waals surface area contributed by atoms with Gasteiger partial charge in [-0.1, -0.05) is 29.8 Å². The van der Waals surface area contributed by atoms with E-state index in [1.165, 1.54) is 16.4 Å². The highest BCUT2D eigenvalue weighted by atomic mass is 32.2. The zero-order valence-corrected chi connectivity index (χ0v) is 14.9. The third kappa shape index (κ3) is 3.61. The van der Waals surface area contributed by atoms with Crippen LogP contribution in [0, 0.1) is 12.7 Å². The standard InChI is InChI=1S/C19H22FNO3S/c1-14-2-9-18(10-3-14)25(23,24)21-17(12-13-22)8-11-19(21)15-4-6-16(20)7-5-15/h2-7,9-10,17,19,22H,8,11-13H2,1H3. The third-order valence-corrected chi connectivity index (χ3v) is 6.73. The maximum Gasteiger partial charge on any atom is 0.243 e. The molecule has 0 spiro atoms. The van der Waals surface area contributed by atoms with Crippen LogP contribution in [0.3, 0.4) is 0 Å². The first-order valence-electron chi connectivity index (χ1n) is 8.40. The van der Waals surface area contributed by atoms with Gasteiger partial charge in [0, 0.05) is 12.6 Å². The van der Waals surface area contributed by atoms with Crippen molar-refractivity contribution in [3.05, 3.63) is 65.5 Å². The summed E-state index contributed by atoms with van der Waals surface area (Å²) >= 11 is 0. The summed E-state index contributed by atoms with van der Waals surface area (Å²) in [6.45, 7) is 1.84. The maximum absolute atomic E-state index is 13.3. The topological polar surface area (TPSA) is 57.6 Å². The van der Waals surface area contributed by atoms with E-state index in [0.29, 0.717) is 19.3 Å². The minimum atomic E-state index is -3.71. The molecule has 2 aromatic rings. The van der Waals surface area contributed by atoms with Gasteiger partial charge in [0.1, 0.15) is 5.82 Å². The monoisotopic (exact) mass is 363 g/mol. The maximum atomic E-state index is 13.3. The van der Waals surface area contributed by atoms with E-state index in [0.717, 1.165) is 11.1 Å². The molecular formula is C19H22FNO3S. The molecule has 1 saturated heterocycles. The first kappa shape index (κ1) is 18.0. The lowest BCUT2D eigenvalue weighted by atomic mass is 10.1. The van der Waals surface area contributed by atoms with Gasteiger partial charge >= 0.3 is 0 Å². The molecule has 6 heteroatoms. The zero-order chi connectivity index (χ0) is 18.0. The highest BCUT2D eigenvalue weighted by Gasteiger charge is 2.42. The Morgan fingerprint density at radius 2 is 1.72 bits per heavy atom. The van der Waals surface area contributed by atoms with Crippen LogP contribution in [0.1, 0.15) is 36.4 Å². The summed E-state index contributed by atoms with van der Waals surface area (Å²) in [4.78, 5) is 0.245. The molecule has 134 valence electrons. The zero-order valence-electron chi connectivity index (χ0n) is 14.1. The number of aryl methyl sites for hydroxylation is 1. The fourth-order valence-electron chi connectivity index (χ4n) is 3.47. The average Bonchev–Trinajstić information content (AvgIpc) is 3.01. The summed E-state index contributed by atoms with van der Waals surface area (Å²) in [5.74, 6) is -0.346. The van der Waals surface area contributed by atoms with Gasteiger partial charge in [-0.15, -0.1) is 0 Å². The van der Waals surface area contributed by atoms with Crippen molar-refractivity contribution in [2.24, 2.45) is 0 Å². The lowest BCUT2D eigenvalue weighted by Gasteiger charge is -2.29. The minimum Gasteiger partial charge on any atom is -0.396 e. The van der Waals surface area contributed by atoms with Crippen molar-refractivity contribution in [3.63, 3.8) is 0 Å². The summed E-state index contributed by atoms with van der Waals surface area (Å²) in [6, 6.07) is 12.2. The van der Waals surface area contributed by atoms with Crippen LogP contribution in [0.15, 0.2) is 53.4 Å². The van der Waals surface area contributed by atoms with Gasteiger partial charge in [0.05, 0.1) is 10.9 Å². The number of aliphatic hydroxyl groups excluding tert-OH is 1. The second kappa shape index (κ2) is 7.23. The molecule has 0 radical (unpaired) electrons. The normalized spacial score (nSPS) is 21.6. The van der Waals surface area contributed by atoms with Crippen molar-refractivity contribution >= 4 is 10.0 Å². The van der Waals surface area contributed by atoms with E-state index in [1.807, 2.05) is 6.92 Å². The third-order valence-electron chi connectivity index (χ3n) is 4.75. The molecule has 2 unspecified atom stereocenters. The molecule has 0 saturated carbocycles. The highest BCUT2D eigenvalue weighted by Crippen LogP contribution is 2.41.